The Bertz CT molecular complexity index is 524. The van der Waals surface area contributed by atoms with Gasteiger partial charge in [0.25, 0.3) is 0 Å². The number of benzene rings is 1. The highest BCUT2D eigenvalue weighted by atomic mass is 16.5. The van der Waals surface area contributed by atoms with Gasteiger partial charge < -0.3 is 4.74 Å². The molecule has 0 bridgehead atoms. The quantitative estimate of drug-likeness (QED) is 0.600. The standard InChI is InChI=1S/C15H15NO3/c1-19-14(18)12-9-15(10-16,8-7-13(12)17)11-5-3-2-4-6-11/h2-6,12H,7-9H2,1H3/t12-,15+/m0/s1. The summed E-state index contributed by atoms with van der Waals surface area (Å²) in [5.41, 5.74) is 0.0903. The Morgan fingerprint density at radius 3 is 2.68 bits per heavy atom. The van der Waals surface area contributed by atoms with E-state index in [4.69, 9.17) is 0 Å². The molecule has 0 unspecified atom stereocenters. The van der Waals surface area contributed by atoms with Crippen LogP contribution in [-0.2, 0) is 19.7 Å². The van der Waals surface area contributed by atoms with Crippen LogP contribution in [0.4, 0.5) is 0 Å². The number of nitriles is 1. The van der Waals surface area contributed by atoms with Gasteiger partial charge in [-0.2, -0.15) is 5.26 Å². The predicted octanol–water partition coefficient (Wildman–Crippen LogP) is 1.99. The van der Waals surface area contributed by atoms with Crippen LogP contribution in [0.5, 0.6) is 0 Å². The first-order valence-electron chi connectivity index (χ1n) is 6.20. The van der Waals surface area contributed by atoms with Crippen molar-refractivity contribution in [3.05, 3.63) is 35.9 Å². The number of carbonyl (C=O) groups excluding carboxylic acids is 2. The van der Waals surface area contributed by atoms with Gasteiger partial charge in [-0.3, -0.25) is 9.59 Å². The Kier molecular flexibility index (Phi) is 3.66. The van der Waals surface area contributed by atoms with Gasteiger partial charge in [-0.1, -0.05) is 30.3 Å². The number of carbonyl (C=O) groups is 2. The van der Waals surface area contributed by atoms with Crippen LogP contribution in [0.25, 0.3) is 0 Å². The smallest absolute Gasteiger partial charge is 0.316 e. The van der Waals surface area contributed by atoms with E-state index >= 15 is 0 Å². The molecule has 1 aromatic rings. The van der Waals surface area contributed by atoms with Gasteiger partial charge in [0.2, 0.25) is 0 Å². The Hall–Kier alpha value is -2.15. The molecule has 0 aliphatic heterocycles. The highest BCUT2D eigenvalue weighted by Crippen LogP contribution is 2.40. The van der Waals surface area contributed by atoms with E-state index in [0.717, 1.165) is 5.56 Å². The van der Waals surface area contributed by atoms with E-state index in [1.807, 2.05) is 30.3 Å². The third-order valence-corrected chi connectivity index (χ3v) is 3.77. The molecule has 19 heavy (non-hydrogen) atoms. The highest BCUT2D eigenvalue weighted by Gasteiger charge is 2.45. The maximum atomic E-state index is 11.8. The molecule has 0 aromatic heterocycles. The zero-order chi connectivity index (χ0) is 13.9. The first-order valence-corrected chi connectivity index (χ1v) is 6.20. The van der Waals surface area contributed by atoms with Crippen LogP contribution in [-0.4, -0.2) is 18.9 Å². The van der Waals surface area contributed by atoms with Gasteiger partial charge in [0.05, 0.1) is 18.6 Å². The monoisotopic (exact) mass is 257 g/mol. The SMILES string of the molecule is COC(=O)[C@H]1C[C@](C#N)(c2ccccc2)CCC1=O. The van der Waals surface area contributed by atoms with Crippen molar-refractivity contribution in [3.63, 3.8) is 0 Å². The number of hydrogen-bond acceptors (Lipinski definition) is 4. The largest absolute Gasteiger partial charge is 0.468 e. The average molecular weight is 257 g/mol. The molecular formula is C15H15NO3. The molecule has 1 saturated carbocycles. The average Bonchev–Trinajstić information content (AvgIpc) is 2.48. The maximum Gasteiger partial charge on any atom is 0.316 e. The van der Waals surface area contributed by atoms with Crippen molar-refractivity contribution in [3.8, 4) is 6.07 Å². The molecule has 2 rings (SSSR count). The minimum atomic E-state index is -0.821. The molecule has 1 fully saturated rings. The zero-order valence-electron chi connectivity index (χ0n) is 10.8. The van der Waals surface area contributed by atoms with Gasteiger partial charge in [0.15, 0.2) is 0 Å². The van der Waals surface area contributed by atoms with Crippen LogP contribution < -0.4 is 0 Å². The molecule has 0 saturated heterocycles. The molecule has 4 nitrogen and oxygen atoms in total. The van der Waals surface area contributed by atoms with Crippen molar-refractivity contribution in [2.24, 2.45) is 5.92 Å². The number of ketones is 1. The minimum Gasteiger partial charge on any atom is -0.468 e. The van der Waals surface area contributed by atoms with Crippen molar-refractivity contribution < 1.29 is 14.3 Å². The lowest BCUT2D eigenvalue weighted by atomic mass is 9.66. The Morgan fingerprint density at radius 2 is 2.11 bits per heavy atom. The third kappa shape index (κ3) is 2.37. The summed E-state index contributed by atoms with van der Waals surface area (Å²) in [6, 6.07) is 11.6. The molecule has 0 radical (unpaired) electrons. The van der Waals surface area contributed by atoms with Gasteiger partial charge in [0, 0.05) is 6.42 Å². The summed E-state index contributed by atoms with van der Waals surface area (Å²) in [6.07, 6.45) is 0.904. The highest BCUT2D eigenvalue weighted by molar-refractivity contribution is 6.00. The van der Waals surface area contributed by atoms with Crippen LogP contribution in [0.1, 0.15) is 24.8 Å². The summed E-state index contributed by atoms with van der Waals surface area (Å²) in [4.78, 5) is 23.5. The topological polar surface area (TPSA) is 67.2 Å². The maximum absolute atomic E-state index is 11.8. The third-order valence-electron chi connectivity index (χ3n) is 3.77. The van der Waals surface area contributed by atoms with Gasteiger partial charge in [-0.05, 0) is 18.4 Å². The molecular weight excluding hydrogens is 242 g/mol. The van der Waals surface area contributed by atoms with E-state index < -0.39 is 17.3 Å². The van der Waals surface area contributed by atoms with E-state index in [1.165, 1.54) is 7.11 Å². The lowest BCUT2D eigenvalue weighted by Crippen LogP contribution is -2.40. The van der Waals surface area contributed by atoms with E-state index in [1.54, 1.807) is 0 Å². The molecule has 0 spiro atoms. The van der Waals surface area contributed by atoms with E-state index in [-0.39, 0.29) is 18.6 Å². The molecule has 0 amide bonds. The Labute approximate surface area is 112 Å². The fourth-order valence-electron chi connectivity index (χ4n) is 2.62. The summed E-state index contributed by atoms with van der Waals surface area (Å²) in [5.74, 6) is -1.49. The Balaban J connectivity index is 2.36. The summed E-state index contributed by atoms with van der Waals surface area (Å²) < 4.78 is 4.66. The van der Waals surface area contributed by atoms with Crippen molar-refractivity contribution in [1.29, 1.82) is 5.26 Å². The second-order valence-electron chi connectivity index (χ2n) is 4.81. The number of nitrogens with zero attached hydrogens (tertiary/aromatic N) is 1. The van der Waals surface area contributed by atoms with Crippen LogP contribution in [0.3, 0.4) is 0 Å². The van der Waals surface area contributed by atoms with Gasteiger partial charge in [0.1, 0.15) is 11.7 Å². The number of ether oxygens (including phenoxy) is 1. The first kappa shape index (κ1) is 13.3. The lowest BCUT2D eigenvalue weighted by molar-refractivity contribution is -0.151. The van der Waals surface area contributed by atoms with Gasteiger partial charge in [-0.15, -0.1) is 0 Å². The normalized spacial score (nSPS) is 26.5. The summed E-state index contributed by atoms with van der Waals surface area (Å²) in [5, 5.41) is 9.54. The van der Waals surface area contributed by atoms with Crippen molar-refractivity contribution >= 4 is 11.8 Å². The second kappa shape index (κ2) is 5.23. The Morgan fingerprint density at radius 1 is 1.42 bits per heavy atom. The van der Waals surface area contributed by atoms with Gasteiger partial charge in [-0.25, -0.2) is 0 Å². The number of esters is 1. The van der Waals surface area contributed by atoms with Crippen LogP contribution in [0, 0.1) is 17.2 Å². The molecule has 2 atom stereocenters. The molecule has 1 aliphatic carbocycles. The number of methoxy groups -OCH3 is 1. The summed E-state index contributed by atoms with van der Waals surface area (Å²) in [7, 11) is 1.26. The molecule has 0 heterocycles. The van der Waals surface area contributed by atoms with Crippen molar-refractivity contribution in [2.45, 2.75) is 24.7 Å². The van der Waals surface area contributed by atoms with Crippen molar-refractivity contribution in [1.82, 2.24) is 0 Å². The van der Waals surface area contributed by atoms with E-state index in [0.29, 0.717) is 6.42 Å². The minimum absolute atomic E-state index is 0.131. The van der Waals surface area contributed by atoms with E-state index in [2.05, 4.69) is 10.8 Å². The summed E-state index contributed by atoms with van der Waals surface area (Å²) in [6.45, 7) is 0. The van der Waals surface area contributed by atoms with Crippen LogP contribution in [0.2, 0.25) is 0 Å². The fraction of sp³-hybridized carbons (Fsp3) is 0.400. The summed E-state index contributed by atoms with van der Waals surface area (Å²) >= 11 is 0. The van der Waals surface area contributed by atoms with E-state index in [9.17, 15) is 14.9 Å². The molecule has 1 aromatic carbocycles. The molecule has 98 valence electrons. The predicted molar refractivity (Wildman–Crippen MR) is 68.1 cm³/mol. The molecule has 4 heteroatoms. The molecule has 1 aliphatic rings. The van der Waals surface area contributed by atoms with Crippen molar-refractivity contribution in [2.75, 3.05) is 7.11 Å². The fourth-order valence-corrected chi connectivity index (χ4v) is 2.62. The van der Waals surface area contributed by atoms with Gasteiger partial charge >= 0.3 is 5.97 Å². The van der Waals surface area contributed by atoms with Crippen LogP contribution >= 0.6 is 0 Å². The second-order valence-corrected chi connectivity index (χ2v) is 4.81. The zero-order valence-corrected chi connectivity index (χ0v) is 10.8. The molecule has 0 N–H and O–H groups in total. The number of hydrogen-bond donors (Lipinski definition) is 0. The lowest BCUT2D eigenvalue weighted by Gasteiger charge is -2.34. The number of Topliss-reactive ketones (excluding diaryl/α,β-unsaturated/α-hetero) is 1. The first-order chi connectivity index (χ1) is 9.13. The van der Waals surface area contributed by atoms with Crippen LogP contribution in [0.15, 0.2) is 30.3 Å². The number of rotatable bonds is 2.